The van der Waals surface area contributed by atoms with Crippen molar-refractivity contribution in [2.75, 3.05) is 5.32 Å². The third-order valence-electron chi connectivity index (χ3n) is 5.90. The smallest absolute Gasteiger partial charge is 0.184 e. The summed E-state index contributed by atoms with van der Waals surface area (Å²) in [7, 11) is 0. The zero-order chi connectivity index (χ0) is 14.8. The van der Waals surface area contributed by atoms with Gasteiger partial charge in [0.2, 0.25) is 0 Å². The lowest BCUT2D eigenvalue weighted by atomic mass is 9.68. The van der Waals surface area contributed by atoms with Crippen molar-refractivity contribution in [3.63, 3.8) is 0 Å². The fourth-order valence-corrected chi connectivity index (χ4v) is 5.95. The molecule has 2 fully saturated rings. The summed E-state index contributed by atoms with van der Waals surface area (Å²) in [6, 6.07) is 6.45. The SMILES string of the molecule is CC12CCC(C1)C(C)(C)C2Nc1nc2cccc(Cl)c2s1. The molecule has 4 heteroatoms. The van der Waals surface area contributed by atoms with Crippen molar-refractivity contribution in [2.24, 2.45) is 16.7 Å². The number of thiazole rings is 1. The molecule has 112 valence electrons. The highest BCUT2D eigenvalue weighted by Gasteiger charge is 2.59. The number of aromatic nitrogens is 1. The average Bonchev–Trinajstić information content (AvgIpc) is 3.04. The Kier molecular flexibility index (Phi) is 2.87. The molecule has 2 nitrogen and oxygen atoms in total. The minimum Gasteiger partial charge on any atom is -0.358 e. The van der Waals surface area contributed by atoms with E-state index in [1.807, 2.05) is 18.2 Å². The van der Waals surface area contributed by atoms with Gasteiger partial charge >= 0.3 is 0 Å². The number of fused-ring (bicyclic) bond motifs is 3. The van der Waals surface area contributed by atoms with Crippen LogP contribution in [0.3, 0.4) is 0 Å². The van der Waals surface area contributed by atoms with Gasteiger partial charge in [-0.15, -0.1) is 0 Å². The highest BCUT2D eigenvalue weighted by Crippen LogP contribution is 2.63. The molecule has 2 aromatic rings. The maximum atomic E-state index is 6.28. The number of benzene rings is 1. The summed E-state index contributed by atoms with van der Waals surface area (Å²) < 4.78 is 1.09. The topological polar surface area (TPSA) is 24.9 Å². The molecule has 0 amide bonds. The van der Waals surface area contributed by atoms with Crippen LogP contribution in [0.1, 0.15) is 40.0 Å². The summed E-state index contributed by atoms with van der Waals surface area (Å²) in [6.45, 7) is 7.28. The molecule has 2 aliphatic carbocycles. The van der Waals surface area contributed by atoms with Crippen molar-refractivity contribution in [3.05, 3.63) is 23.2 Å². The largest absolute Gasteiger partial charge is 0.358 e. The first kappa shape index (κ1) is 13.8. The van der Waals surface area contributed by atoms with E-state index in [1.54, 1.807) is 11.3 Å². The number of nitrogens with zero attached hydrogens (tertiary/aromatic N) is 1. The normalized spacial score (nSPS) is 33.7. The third kappa shape index (κ3) is 1.93. The van der Waals surface area contributed by atoms with Crippen molar-refractivity contribution in [1.82, 2.24) is 4.98 Å². The Balaban J connectivity index is 1.70. The predicted molar refractivity (Wildman–Crippen MR) is 91.3 cm³/mol. The Morgan fingerprint density at radius 3 is 2.81 bits per heavy atom. The van der Waals surface area contributed by atoms with E-state index in [2.05, 4.69) is 26.1 Å². The summed E-state index contributed by atoms with van der Waals surface area (Å²) in [5.41, 5.74) is 1.76. The number of rotatable bonds is 2. The molecule has 2 aliphatic rings. The minimum atomic E-state index is 0.342. The second kappa shape index (κ2) is 4.36. The number of hydrogen-bond donors (Lipinski definition) is 1. The molecule has 0 radical (unpaired) electrons. The Morgan fingerprint density at radius 1 is 1.33 bits per heavy atom. The fraction of sp³-hybridized carbons (Fsp3) is 0.588. The van der Waals surface area contributed by atoms with E-state index >= 15 is 0 Å². The molecule has 2 saturated carbocycles. The van der Waals surface area contributed by atoms with Crippen LogP contribution in [-0.2, 0) is 0 Å². The van der Waals surface area contributed by atoms with E-state index in [9.17, 15) is 0 Å². The van der Waals surface area contributed by atoms with Gasteiger partial charge in [-0.1, -0.05) is 49.8 Å². The monoisotopic (exact) mass is 320 g/mol. The van der Waals surface area contributed by atoms with Gasteiger partial charge in [0.1, 0.15) is 0 Å². The van der Waals surface area contributed by atoms with E-state index in [0.29, 0.717) is 16.9 Å². The molecule has 3 atom stereocenters. The molecule has 21 heavy (non-hydrogen) atoms. The van der Waals surface area contributed by atoms with Crippen LogP contribution in [-0.4, -0.2) is 11.0 Å². The van der Waals surface area contributed by atoms with Crippen LogP contribution in [0.5, 0.6) is 0 Å². The lowest BCUT2D eigenvalue weighted by Gasteiger charge is -2.43. The summed E-state index contributed by atoms with van der Waals surface area (Å²) in [5.74, 6) is 0.845. The highest BCUT2D eigenvalue weighted by atomic mass is 35.5. The second-order valence-corrected chi connectivity index (χ2v) is 9.01. The second-order valence-electron chi connectivity index (χ2n) is 7.60. The average molecular weight is 321 g/mol. The molecule has 2 bridgehead atoms. The fourth-order valence-electron chi connectivity index (χ4n) is 4.76. The van der Waals surface area contributed by atoms with Gasteiger partial charge in [0.25, 0.3) is 0 Å². The molecule has 4 rings (SSSR count). The molecule has 1 N–H and O–H groups in total. The van der Waals surface area contributed by atoms with Gasteiger partial charge < -0.3 is 5.32 Å². The first-order valence-electron chi connectivity index (χ1n) is 7.72. The van der Waals surface area contributed by atoms with Crippen LogP contribution >= 0.6 is 22.9 Å². The van der Waals surface area contributed by atoms with E-state index in [-0.39, 0.29) is 0 Å². The van der Waals surface area contributed by atoms with Crippen molar-refractivity contribution in [2.45, 2.75) is 46.1 Å². The lowest BCUT2D eigenvalue weighted by molar-refractivity contribution is 0.155. The quantitative estimate of drug-likeness (QED) is 0.781. The molecule has 1 aromatic carbocycles. The molecular formula is C17H21ClN2S. The van der Waals surface area contributed by atoms with Gasteiger partial charge in [-0.3, -0.25) is 0 Å². The maximum Gasteiger partial charge on any atom is 0.184 e. The van der Waals surface area contributed by atoms with Gasteiger partial charge in [-0.2, -0.15) is 0 Å². The number of halogens is 1. The molecule has 1 aromatic heterocycles. The number of nitrogens with one attached hydrogen (secondary N) is 1. The number of hydrogen-bond acceptors (Lipinski definition) is 3. The first-order valence-corrected chi connectivity index (χ1v) is 8.91. The Hall–Kier alpha value is -0.800. The van der Waals surface area contributed by atoms with Crippen LogP contribution in [0, 0.1) is 16.7 Å². The minimum absolute atomic E-state index is 0.342. The van der Waals surface area contributed by atoms with Gasteiger partial charge in [0.15, 0.2) is 5.13 Å². The molecule has 3 unspecified atom stereocenters. The van der Waals surface area contributed by atoms with Crippen LogP contribution in [0.4, 0.5) is 5.13 Å². The van der Waals surface area contributed by atoms with Gasteiger partial charge in [-0.25, -0.2) is 4.98 Å². The zero-order valence-corrected chi connectivity index (χ0v) is 14.3. The van der Waals surface area contributed by atoms with Crippen LogP contribution in [0.25, 0.3) is 10.2 Å². The molecule has 0 spiro atoms. The third-order valence-corrected chi connectivity index (χ3v) is 7.37. The summed E-state index contributed by atoms with van der Waals surface area (Å²) >= 11 is 7.96. The zero-order valence-electron chi connectivity index (χ0n) is 12.7. The van der Waals surface area contributed by atoms with Crippen molar-refractivity contribution >= 4 is 38.3 Å². The van der Waals surface area contributed by atoms with E-state index in [0.717, 1.165) is 26.3 Å². The van der Waals surface area contributed by atoms with Crippen molar-refractivity contribution in [3.8, 4) is 0 Å². The first-order chi connectivity index (χ1) is 9.90. The summed E-state index contributed by atoms with van der Waals surface area (Å²) in [6.07, 6.45) is 4.07. The Bertz CT molecular complexity index is 703. The van der Waals surface area contributed by atoms with Crippen molar-refractivity contribution in [1.29, 1.82) is 0 Å². The van der Waals surface area contributed by atoms with Gasteiger partial charge in [0, 0.05) is 6.04 Å². The standard InChI is InChI=1S/C17H21ClN2S/c1-16(2)10-7-8-17(3,9-10)14(16)20-15-19-12-6-4-5-11(18)13(12)21-15/h4-6,10,14H,7-9H2,1-3H3,(H,19,20). The van der Waals surface area contributed by atoms with E-state index in [1.165, 1.54) is 19.3 Å². The lowest BCUT2D eigenvalue weighted by Crippen LogP contribution is -2.45. The van der Waals surface area contributed by atoms with Crippen LogP contribution in [0.15, 0.2) is 18.2 Å². The Morgan fingerprint density at radius 2 is 2.14 bits per heavy atom. The number of anilines is 1. The Labute approximate surface area is 134 Å². The van der Waals surface area contributed by atoms with Crippen LogP contribution in [0.2, 0.25) is 5.02 Å². The summed E-state index contributed by atoms with van der Waals surface area (Å²) in [4.78, 5) is 4.74. The van der Waals surface area contributed by atoms with E-state index < -0.39 is 0 Å². The maximum absolute atomic E-state index is 6.28. The van der Waals surface area contributed by atoms with E-state index in [4.69, 9.17) is 16.6 Å². The predicted octanol–water partition coefficient (Wildman–Crippen LogP) is 5.58. The van der Waals surface area contributed by atoms with Crippen LogP contribution < -0.4 is 5.32 Å². The van der Waals surface area contributed by atoms with Gasteiger partial charge in [-0.05, 0) is 48.1 Å². The molecule has 1 heterocycles. The summed E-state index contributed by atoms with van der Waals surface area (Å²) in [5, 5.41) is 5.59. The molecule has 0 saturated heterocycles. The molecular weight excluding hydrogens is 300 g/mol. The highest BCUT2D eigenvalue weighted by molar-refractivity contribution is 7.22. The van der Waals surface area contributed by atoms with Crippen molar-refractivity contribution < 1.29 is 0 Å². The molecule has 0 aliphatic heterocycles. The van der Waals surface area contributed by atoms with Gasteiger partial charge in [0.05, 0.1) is 15.2 Å².